The van der Waals surface area contributed by atoms with Crippen molar-refractivity contribution < 1.29 is 19.4 Å². The van der Waals surface area contributed by atoms with Gasteiger partial charge in [0.2, 0.25) is 0 Å². The first-order chi connectivity index (χ1) is 10.0. The molecule has 0 radical (unpaired) electrons. The summed E-state index contributed by atoms with van der Waals surface area (Å²) in [6.45, 7) is 4.62. The smallest absolute Gasteiger partial charge is 0.407 e. The lowest BCUT2D eigenvalue weighted by molar-refractivity contribution is 0.0600. The van der Waals surface area contributed by atoms with E-state index in [-0.39, 0.29) is 12.0 Å². The van der Waals surface area contributed by atoms with E-state index in [0.717, 1.165) is 18.7 Å². The Morgan fingerprint density at radius 2 is 1.95 bits per heavy atom. The van der Waals surface area contributed by atoms with Crippen molar-refractivity contribution in [3.05, 3.63) is 35.4 Å². The van der Waals surface area contributed by atoms with Gasteiger partial charge in [0.1, 0.15) is 0 Å². The molecule has 1 heterocycles. The number of carbonyl (C=O) groups excluding carboxylic acids is 1. The van der Waals surface area contributed by atoms with Gasteiger partial charge in [-0.2, -0.15) is 0 Å². The molecule has 0 spiro atoms. The molecule has 1 unspecified atom stereocenters. The maximum atomic E-state index is 11.4. The van der Waals surface area contributed by atoms with Gasteiger partial charge in [0.05, 0.1) is 12.7 Å². The number of piperazine rings is 1. The van der Waals surface area contributed by atoms with Crippen LogP contribution in [0.15, 0.2) is 24.3 Å². The summed E-state index contributed by atoms with van der Waals surface area (Å²) in [6, 6.07) is 7.29. The number of esters is 1. The predicted molar refractivity (Wildman–Crippen MR) is 77.3 cm³/mol. The van der Waals surface area contributed by atoms with Crippen LogP contribution in [0.5, 0.6) is 0 Å². The predicted octanol–water partition coefficient (Wildman–Crippen LogP) is 1.66. The van der Waals surface area contributed by atoms with Crippen molar-refractivity contribution >= 4 is 12.1 Å². The van der Waals surface area contributed by atoms with E-state index in [0.29, 0.717) is 18.7 Å². The van der Waals surface area contributed by atoms with E-state index in [2.05, 4.69) is 9.64 Å². The molecule has 0 aliphatic carbocycles. The molecule has 1 aliphatic heterocycles. The molecular weight excluding hydrogens is 272 g/mol. The molecule has 1 N–H and O–H groups in total. The van der Waals surface area contributed by atoms with E-state index in [1.54, 1.807) is 12.1 Å². The number of ether oxygens (including phenoxy) is 1. The standard InChI is InChI=1S/C15H20N2O4/c1-11-9-16(7-8-17(11)15(19)20)10-12-3-5-13(6-4-12)14(18)21-2/h3-6,11H,7-10H2,1-2H3,(H,19,20). The van der Waals surface area contributed by atoms with Crippen molar-refractivity contribution in [2.24, 2.45) is 0 Å². The Hall–Kier alpha value is -2.08. The molecule has 0 aromatic heterocycles. The molecule has 0 bridgehead atoms. The van der Waals surface area contributed by atoms with E-state index in [1.165, 1.54) is 12.0 Å². The average Bonchev–Trinajstić information content (AvgIpc) is 2.47. The Labute approximate surface area is 123 Å². The Morgan fingerprint density at radius 3 is 2.48 bits per heavy atom. The summed E-state index contributed by atoms with van der Waals surface area (Å²) in [5.41, 5.74) is 1.63. The summed E-state index contributed by atoms with van der Waals surface area (Å²) in [5, 5.41) is 9.05. The molecule has 2 rings (SSSR count). The minimum Gasteiger partial charge on any atom is -0.465 e. The summed E-state index contributed by atoms with van der Waals surface area (Å²) >= 11 is 0. The highest BCUT2D eigenvalue weighted by Gasteiger charge is 2.26. The molecule has 1 aliphatic rings. The number of methoxy groups -OCH3 is 1. The molecule has 1 aromatic carbocycles. The fraction of sp³-hybridized carbons (Fsp3) is 0.467. The average molecular weight is 292 g/mol. The molecule has 0 saturated carbocycles. The van der Waals surface area contributed by atoms with Gasteiger partial charge in [0, 0.05) is 32.2 Å². The number of benzene rings is 1. The third-order valence-corrected chi connectivity index (χ3v) is 3.74. The topological polar surface area (TPSA) is 70.1 Å². The third-order valence-electron chi connectivity index (χ3n) is 3.74. The fourth-order valence-electron chi connectivity index (χ4n) is 2.58. The van der Waals surface area contributed by atoms with Gasteiger partial charge in [-0.3, -0.25) is 4.90 Å². The van der Waals surface area contributed by atoms with Gasteiger partial charge in [-0.15, -0.1) is 0 Å². The number of carboxylic acid groups (broad SMARTS) is 1. The van der Waals surface area contributed by atoms with Gasteiger partial charge < -0.3 is 14.7 Å². The van der Waals surface area contributed by atoms with E-state index >= 15 is 0 Å². The number of nitrogens with zero attached hydrogens (tertiary/aromatic N) is 2. The SMILES string of the molecule is COC(=O)c1ccc(CN2CCN(C(=O)O)C(C)C2)cc1. The molecule has 6 heteroatoms. The zero-order valence-corrected chi connectivity index (χ0v) is 12.3. The van der Waals surface area contributed by atoms with Crippen LogP contribution < -0.4 is 0 Å². The van der Waals surface area contributed by atoms with E-state index in [9.17, 15) is 9.59 Å². The Bertz CT molecular complexity index is 515. The highest BCUT2D eigenvalue weighted by atomic mass is 16.5. The normalized spacial score (nSPS) is 19.3. The molecule has 114 valence electrons. The Morgan fingerprint density at radius 1 is 1.29 bits per heavy atom. The second kappa shape index (κ2) is 6.58. The molecule has 1 atom stereocenters. The van der Waals surface area contributed by atoms with Crippen LogP contribution in [0.2, 0.25) is 0 Å². The molecule has 1 fully saturated rings. The summed E-state index contributed by atoms with van der Waals surface area (Å²) in [4.78, 5) is 26.1. The lowest BCUT2D eigenvalue weighted by Gasteiger charge is -2.38. The zero-order valence-electron chi connectivity index (χ0n) is 12.3. The summed E-state index contributed by atoms with van der Waals surface area (Å²) in [6.07, 6.45) is -0.857. The van der Waals surface area contributed by atoms with Crippen LogP contribution in [0.3, 0.4) is 0 Å². The Kier molecular flexibility index (Phi) is 4.80. The lowest BCUT2D eigenvalue weighted by atomic mass is 10.1. The molecule has 1 saturated heterocycles. The molecule has 21 heavy (non-hydrogen) atoms. The van der Waals surface area contributed by atoms with Gasteiger partial charge in [0.25, 0.3) is 0 Å². The number of hydrogen-bond donors (Lipinski definition) is 1. The van der Waals surface area contributed by atoms with E-state index < -0.39 is 6.09 Å². The highest BCUT2D eigenvalue weighted by molar-refractivity contribution is 5.89. The second-order valence-electron chi connectivity index (χ2n) is 5.25. The Balaban J connectivity index is 1.94. The monoisotopic (exact) mass is 292 g/mol. The number of carbonyl (C=O) groups is 2. The molecule has 6 nitrogen and oxygen atoms in total. The van der Waals surface area contributed by atoms with Gasteiger partial charge in [-0.25, -0.2) is 9.59 Å². The van der Waals surface area contributed by atoms with Crippen LogP contribution in [-0.4, -0.2) is 59.8 Å². The number of rotatable bonds is 3. The van der Waals surface area contributed by atoms with Gasteiger partial charge >= 0.3 is 12.1 Å². The number of amides is 1. The van der Waals surface area contributed by atoms with Crippen LogP contribution in [0, 0.1) is 0 Å². The van der Waals surface area contributed by atoms with Crippen molar-refractivity contribution in [2.75, 3.05) is 26.7 Å². The minimum atomic E-state index is -0.857. The lowest BCUT2D eigenvalue weighted by Crippen LogP contribution is -2.53. The maximum absolute atomic E-state index is 11.4. The van der Waals surface area contributed by atoms with Crippen molar-refractivity contribution in [1.82, 2.24) is 9.80 Å². The van der Waals surface area contributed by atoms with E-state index in [1.807, 2.05) is 19.1 Å². The zero-order chi connectivity index (χ0) is 15.4. The van der Waals surface area contributed by atoms with Crippen molar-refractivity contribution in [2.45, 2.75) is 19.5 Å². The van der Waals surface area contributed by atoms with Crippen LogP contribution in [0.1, 0.15) is 22.8 Å². The first kappa shape index (κ1) is 15.3. The summed E-state index contributed by atoms with van der Waals surface area (Å²) in [5.74, 6) is -0.342. The van der Waals surface area contributed by atoms with Gasteiger partial charge in [0.15, 0.2) is 0 Å². The van der Waals surface area contributed by atoms with Crippen molar-refractivity contribution in [3.63, 3.8) is 0 Å². The van der Waals surface area contributed by atoms with Gasteiger partial charge in [-0.1, -0.05) is 12.1 Å². The van der Waals surface area contributed by atoms with Crippen LogP contribution in [0.25, 0.3) is 0 Å². The third kappa shape index (κ3) is 3.72. The van der Waals surface area contributed by atoms with Crippen LogP contribution >= 0.6 is 0 Å². The second-order valence-corrected chi connectivity index (χ2v) is 5.25. The highest BCUT2D eigenvalue weighted by Crippen LogP contribution is 2.14. The van der Waals surface area contributed by atoms with Crippen molar-refractivity contribution in [1.29, 1.82) is 0 Å². The fourth-order valence-corrected chi connectivity index (χ4v) is 2.58. The quantitative estimate of drug-likeness (QED) is 0.858. The summed E-state index contributed by atoms with van der Waals surface area (Å²) in [7, 11) is 1.36. The van der Waals surface area contributed by atoms with Crippen molar-refractivity contribution in [3.8, 4) is 0 Å². The maximum Gasteiger partial charge on any atom is 0.407 e. The van der Waals surface area contributed by atoms with Crippen LogP contribution in [-0.2, 0) is 11.3 Å². The largest absolute Gasteiger partial charge is 0.465 e. The number of hydrogen-bond acceptors (Lipinski definition) is 4. The summed E-state index contributed by atoms with van der Waals surface area (Å²) < 4.78 is 4.66. The minimum absolute atomic E-state index is 0.00871. The molecule has 1 aromatic rings. The first-order valence-corrected chi connectivity index (χ1v) is 6.90. The van der Waals surface area contributed by atoms with Gasteiger partial charge in [-0.05, 0) is 24.6 Å². The van der Waals surface area contributed by atoms with Crippen LogP contribution in [0.4, 0.5) is 4.79 Å². The first-order valence-electron chi connectivity index (χ1n) is 6.90. The molecular formula is C15H20N2O4. The van der Waals surface area contributed by atoms with E-state index in [4.69, 9.17) is 5.11 Å². The molecule has 1 amide bonds.